The van der Waals surface area contributed by atoms with Crippen molar-refractivity contribution >= 4 is 53.2 Å². The largest absolute Gasteiger partial charge is 0.354 e. The zero-order chi connectivity index (χ0) is 43.1. The van der Waals surface area contributed by atoms with Crippen molar-refractivity contribution in [1.29, 1.82) is 0 Å². The monoisotopic (exact) mass is 862 g/mol. The van der Waals surface area contributed by atoms with Gasteiger partial charge in [-0.3, -0.25) is 39.2 Å². The highest BCUT2D eigenvalue weighted by Gasteiger charge is 2.39. The number of pyridine rings is 2. The van der Waals surface area contributed by atoms with Crippen LogP contribution in [0.3, 0.4) is 0 Å². The van der Waals surface area contributed by atoms with Crippen molar-refractivity contribution in [3.05, 3.63) is 89.4 Å². The summed E-state index contributed by atoms with van der Waals surface area (Å²) in [5.41, 5.74) is 3.25. The summed E-state index contributed by atoms with van der Waals surface area (Å²) in [7, 11) is 0. The van der Waals surface area contributed by atoms with Gasteiger partial charge in [0, 0.05) is 93.9 Å². The quantitative estimate of drug-likeness (QED) is 0.0571. The second-order valence-electron chi connectivity index (χ2n) is 17.0. The van der Waals surface area contributed by atoms with Gasteiger partial charge in [0.05, 0.1) is 5.56 Å². The van der Waals surface area contributed by atoms with E-state index in [4.69, 9.17) is 4.98 Å². The maximum atomic E-state index is 13.3. The van der Waals surface area contributed by atoms with Gasteiger partial charge in [-0.15, -0.1) is 11.8 Å². The van der Waals surface area contributed by atoms with Gasteiger partial charge < -0.3 is 20.0 Å². The van der Waals surface area contributed by atoms with Gasteiger partial charge in [-0.25, -0.2) is 4.98 Å². The van der Waals surface area contributed by atoms with E-state index in [1.54, 1.807) is 47.4 Å². The number of hydrogen-bond donors (Lipinski definition) is 2. The predicted octanol–water partition coefficient (Wildman–Crippen LogP) is 6.34. The Morgan fingerprint density at radius 2 is 1.65 bits per heavy atom. The number of thioether (sulfide) groups is 1. The minimum atomic E-state index is -0.582. The van der Waals surface area contributed by atoms with Crippen LogP contribution in [0.15, 0.2) is 72.0 Å². The van der Waals surface area contributed by atoms with E-state index in [9.17, 15) is 24.0 Å². The van der Waals surface area contributed by atoms with Crippen molar-refractivity contribution in [2.24, 2.45) is 5.92 Å². The molecular weight excluding hydrogens is 801 g/mol. The number of rotatable bonds is 20. The molecule has 3 aromatic rings. The van der Waals surface area contributed by atoms with Crippen LogP contribution in [-0.2, 0) is 20.9 Å². The van der Waals surface area contributed by atoms with Crippen molar-refractivity contribution in [1.82, 2.24) is 35.3 Å². The molecule has 0 saturated carbocycles. The summed E-state index contributed by atoms with van der Waals surface area (Å²) in [6.07, 6.45) is 21.6. The van der Waals surface area contributed by atoms with Gasteiger partial charge in [0.1, 0.15) is 11.9 Å². The Kier molecular flexibility index (Phi) is 16.6. The number of anilines is 1. The third-order valence-corrected chi connectivity index (χ3v) is 13.9. The minimum absolute atomic E-state index is 0.0728. The smallest absolute Gasteiger partial charge is 0.255 e. The number of amides is 5. The Labute approximate surface area is 370 Å². The highest BCUT2D eigenvalue weighted by molar-refractivity contribution is 7.99. The Morgan fingerprint density at radius 1 is 0.839 bits per heavy atom. The first-order valence-corrected chi connectivity index (χ1v) is 23.8. The first-order valence-electron chi connectivity index (χ1n) is 22.8. The van der Waals surface area contributed by atoms with Crippen molar-refractivity contribution in [3.8, 4) is 0 Å². The molecule has 62 heavy (non-hydrogen) atoms. The number of imide groups is 1. The molecule has 0 aliphatic carbocycles. The number of piperazine rings is 1. The highest BCUT2D eigenvalue weighted by Crippen LogP contribution is 2.35. The molecular formula is C48H62N8O5S. The third kappa shape index (κ3) is 12.5. The van der Waals surface area contributed by atoms with Crippen LogP contribution in [-0.4, -0.2) is 118 Å². The zero-order valence-electron chi connectivity index (χ0n) is 36.0. The number of benzene rings is 1. The molecule has 14 heteroatoms. The number of fused-ring (bicyclic) bond motifs is 1. The van der Waals surface area contributed by atoms with Crippen LogP contribution in [0, 0.1) is 5.92 Å². The number of piperidine rings is 2. The number of nitrogens with one attached hydrogen (secondary N) is 2. The summed E-state index contributed by atoms with van der Waals surface area (Å²) < 4.78 is 0. The fraction of sp³-hybridized carbons (Fsp3) is 0.521. The molecule has 0 radical (unpaired) electrons. The lowest BCUT2D eigenvalue weighted by molar-refractivity contribution is -0.137. The molecule has 2 N–H and O–H groups in total. The van der Waals surface area contributed by atoms with Gasteiger partial charge >= 0.3 is 0 Å². The summed E-state index contributed by atoms with van der Waals surface area (Å²) in [6, 6.07) is 13.0. The molecule has 5 amide bonds. The summed E-state index contributed by atoms with van der Waals surface area (Å²) >= 11 is 1.80. The SMILES string of the molecule is O=C(/C=C/c1cccnc1)NCCCCC1CCN(C(=O)c2ccc(N3CCN(CCCCCCCCSc4cccc5c4CN(C4CCC(=O)NC4=O)C5=O)CC3)nc2)CC1. The molecule has 330 valence electrons. The summed E-state index contributed by atoms with van der Waals surface area (Å²) in [6.45, 7) is 7.69. The molecule has 7 rings (SSSR count). The van der Waals surface area contributed by atoms with Crippen molar-refractivity contribution in [2.45, 2.75) is 101 Å². The van der Waals surface area contributed by atoms with E-state index < -0.39 is 6.04 Å². The molecule has 0 spiro atoms. The Morgan fingerprint density at radius 3 is 2.40 bits per heavy atom. The van der Waals surface area contributed by atoms with Gasteiger partial charge in [0.25, 0.3) is 11.8 Å². The molecule has 1 aromatic carbocycles. The predicted molar refractivity (Wildman–Crippen MR) is 243 cm³/mol. The molecule has 0 bridgehead atoms. The van der Waals surface area contributed by atoms with Crippen LogP contribution in [0.1, 0.15) is 115 Å². The number of likely N-dealkylation sites (tertiary alicyclic amines) is 1. The van der Waals surface area contributed by atoms with Crippen LogP contribution in [0.5, 0.6) is 0 Å². The summed E-state index contributed by atoms with van der Waals surface area (Å²) in [5.74, 6) is 1.79. The van der Waals surface area contributed by atoms with Crippen LogP contribution in [0.4, 0.5) is 5.82 Å². The van der Waals surface area contributed by atoms with E-state index in [0.29, 0.717) is 36.6 Å². The Bertz CT molecular complexity index is 2010. The van der Waals surface area contributed by atoms with Crippen LogP contribution >= 0.6 is 11.8 Å². The van der Waals surface area contributed by atoms with Crippen molar-refractivity contribution in [3.63, 3.8) is 0 Å². The van der Waals surface area contributed by atoms with Gasteiger partial charge in [-0.1, -0.05) is 50.7 Å². The normalized spacial score (nSPS) is 18.7. The average molecular weight is 863 g/mol. The van der Waals surface area contributed by atoms with Crippen LogP contribution in [0.25, 0.3) is 6.08 Å². The molecule has 3 saturated heterocycles. The number of nitrogens with zero attached hydrogens (tertiary/aromatic N) is 6. The van der Waals surface area contributed by atoms with Crippen molar-refractivity contribution in [2.75, 3.05) is 63.0 Å². The Balaban J connectivity index is 0.700. The Hall–Kier alpha value is -5.08. The average Bonchev–Trinajstić information content (AvgIpc) is 3.64. The van der Waals surface area contributed by atoms with E-state index in [1.807, 2.05) is 41.3 Å². The second kappa shape index (κ2) is 22.8. The number of unbranched alkanes of at least 4 members (excludes halogenated alkanes) is 6. The lowest BCUT2D eigenvalue weighted by atomic mass is 9.91. The number of carbonyl (C=O) groups excluding carboxylic acids is 5. The first-order chi connectivity index (χ1) is 30.3. The number of carbonyl (C=O) groups is 5. The third-order valence-electron chi connectivity index (χ3n) is 12.7. The molecule has 4 aliphatic heterocycles. The van der Waals surface area contributed by atoms with Gasteiger partial charge in [-0.2, -0.15) is 0 Å². The zero-order valence-corrected chi connectivity index (χ0v) is 36.8. The fourth-order valence-corrected chi connectivity index (χ4v) is 10.1. The van der Waals surface area contributed by atoms with Crippen LogP contribution in [0.2, 0.25) is 0 Å². The maximum Gasteiger partial charge on any atom is 0.255 e. The van der Waals surface area contributed by atoms with Gasteiger partial charge in [0.15, 0.2) is 0 Å². The van der Waals surface area contributed by atoms with E-state index >= 15 is 0 Å². The maximum absolute atomic E-state index is 13.3. The second-order valence-corrected chi connectivity index (χ2v) is 18.2. The molecule has 3 fully saturated rings. The van der Waals surface area contributed by atoms with E-state index in [0.717, 1.165) is 112 Å². The number of hydrogen-bond acceptors (Lipinski definition) is 10. The lowest BCUT2D eigenvalue weighted by Gasteiger charge is -2.35. The first kappa shape index (κ1) is 45.0. The van der Waals surface area contributed by atoms with Gasteiger partial charge in [-0.05, 0) is 104 Å². The number of aromatic nitrogens is 2. The standard InChI is InChI=1S/C48H62N8O5S/c57-44(19-15-37-12-10-23-49-33-37)50-24-6-5-11-36-21-26-55(27-22-36)47(60)38-16-18-43(51-34-38)54-30-28-53(29-31-54)25-7-3-1-2-4-8-32-62-42-14-9-13-39-40(42)35-56(48(39)61)41-17-20-45(58)52-46(41)59/h9-10,12-16,18-19,23,33-34,36,41H,1-8,11,17,20-22,24-32,35H2,(H,50,57)(H,52,58,59)/b19-15+. The minimum Gasteiger partial charge on any atom is -0.354 e. The van der Waals surface area contributed by atoms with Crippen LogP contribution < -0.4 is 15.5 Å². The van der Waals surface area contributed by atoms with E-state index in [-0.39, 0.29) is 36.0 Å². The van der Waals surface area contributed by atoms with E-state index in [2.05, 4.69) is 31.5 Å². The van der Waals surface area contributed by atoms with Gasteiger partial charge in [0.2, 0.25) is 17.7 Å². The molecule has 6 heterocycles. The lowest BCUT2D eigenvalue weighted by Crippen LogP contribution is -2.52. The summed E-state index contributed by atoms with van der Waals surface area (Å²) in [5, 5.41) is 5.34. The summed E-state index contributed by atoms with van der Waals surface area (Å²) in [4.78, 5) is 80.9. The van der Waals surface area contributed by atoms with Crippen molar-refractivity contribution < 1.29 is 24.0 Å². The molecule has 4 aliphatic rings. The molecule has 1 unspecified atom stereocenters. The van der Waals surface area contributed by atoms with E-state index in [1.165, 1.54) is 32.1 Å². The molecule has 13 nitrogen and oxygen atoms in total. The fourth-order valence-electron chi connectivity index (χ4n) is 9.00. The molecule has 2 aromatic heterocycles. The highest BCUT2D eigenvalue weighted by atomic mass is 32.2. The molecule has 1 atom stereocenters. The topological polar surface area (TPSA) is 148 Å².